The minimum atomic E-state index is -0.403. The Morgan fingerprint density at radius 3 is 2.48 bits per heavy atom. The van der Waals surface area contributed by atoms with Crippen LogP contribution in [0.1, 0.15) is 5.56 Å². The molecule has 4 nitrogen and oxygen atoms in total. The first-order chi connectivity index (χ1) is 10.1. The van der Waals surface area contributed by atoms with E-state index in [1.54, 1.807) is 18.2 Å². The molecule has 0 aliphatic rings. The molecule has 0 spiro atoms. The Morgan fingerprint density at radius 1 is 1.10 bits per heavy atom. The topological polar surface area (TPSA) is 58.9 Å². The van der Waals surface area contributed by atoms with Crippen molar-refractivity contribution < 1.29 is 24.1 Å². The molecule has 0 bridgehead atoms. The molecule has 0 saturated carbocycles. The summed E-state index contributed by atoms with van der Waals surface area (Å²) >= 11 is 0. The number of phenols is 1. The van der Waals surface area contributed by atoms with E-state index >= 15 is 0 Å². The quantitative estimate of drug-likeness (QED) is 0.825. The molecule has 0 fully saturated rings. The van der Waals surface area contributed by atoms with Crippen molar-refractivity contribution in [3.05, 3.63) is 41.7 Å². The van der Waals surface area contributed by atoms with Crippen LogP contribution in [0.2, 0.25) is 0 Å². The Labute approximate surface area is 123 Å². The van der Waals surface area contributed by atoms with Gasteiger partial charge in [0.1, 0.15) is 11.6 Å². The molecule has 2 rings (SSSR count). The predicted molar refractivity (Wildman–Crippen MR) is 81.1 cm³/mol. The van der Waals surface area contributed by atoms with Crippen molar-refractivity contribution in [3.63, 3.8) is 0 Å². The van der Waals surface area contributed by atoms with E-state index in [0.29, 0.717) is 22.4 Å². The second-order valence-corrected chi connectivity index (χ2v) is 5.64. The lowest BCUT2D eigenvalue weighted by Gasteiger charge is -2.13. The number of hydrogen-bond donors (Lipinski definition) is 2. The predicted octanol–water partition coefficient (Wildman–Crippen LogP) is 1.67. The van der Waals surface area contributed by atoms with E-state index in [9.17, 15) is 14.6 Å². The standard InChI is InChI=1S/C15H16FO4P/c1-19-11-6-12(20-2)15(18)14(7-11)21-13-4-3-10(16)5-9(13)8-17/h3-7,17-18,21H,8H2,1-2H3. The summed E-state index contributed by atoms with van der Waals surface area (Å²) in [5.74, 6) is 0.481. The van der Waals surface area contributed by atoms with E-state index in [4.69, 9.17) is 9.47 Å². The average Bonchev–Trinajstić information content (AvgIpc) is 2.50. The summed E-state index contributed by atoms with van der Waals surface area (Å²) in [6, 6.07) is 7.50. The van der Waals surface area contributed by atoms with Crippen LogP contribution in [-0.2, 0) is 6.61 Å². The van der Waals surface area contributed by atoms with Crippen LogP contribution >= 0.6 is 8.58 Å². The van der Waals surface area contributed by atoms with Gasteiger partial charge in [-0.1, -0.05) is 14.6 Å². The van der Waals surface area contributed by atoms with E-state index in [0.717, 1.165) is 5.30 Å². The summed E-state index contributed by atoms with van der Waals surface area (Å²) in [5, 5.41) is 20.9. The van der Waals surface area contributed by atoms with Gasteiger partial charge >= 0.3 is 0 Å². The molecule has 0 aliphatic heterocycles. The summed E-state index contributed by atoms with van der Waals surface area (Å²) < 4.78 is 23.5. The fraction of sp³-hybridized carbons (Fsp3) is 0.200. The summed E-state index contributed by atoms with van der Waals surface area (Å²) in [4.78, 5) is 0. The number of phenolic OH excluding ortho intramolecular Hbond substituents is 1. The molecule has 0 aliphatic carbocycles. The van der Waals surface area contributed by atoms with E-state index in [2.05, 4.69) is 0 Å². The largest absolute Gasteiger partial charge is 0.504 e. The number of aromatic hydroxyl groups is 1. The number of ether oxygens (including phenoxy) is 2. The fourth-order valence-corrected chi connectivity index (χ4v) is 3.14. The zero-order valence-corrected chi connectivity index (χ0v) is 12.7. The maximum Gasteiger partial charge on any atom is 0.165 e. The normalized spacial score (nSPS) is 11.0. The second-order valence-electron chi connectivity index (χ2n) is 4.31. The van der Waals surface area contributed by atoms with Crippen molar-refractivity contribution in [2.75, 3.05) is 14.2 Å². The molecule has 112 valence electrons. The van der Waals surface area contributed by atoms with Gasteiger partial charge in [0.2, 0.25) is 0 Å². The first-order valence-corrected chi connectivity index (χ1v) is 7.20. The molecule has 0 radical (unpaired) electrons. The highest BCUT2D eigenvalue weighted by molar-refractivity contribution is 7.55. The van der Waals surface area contributed by atoms with Crippen LogP contribution < -0.4 is 20.1 Å². The van der Waals surface area contributed by atoms with Gasteiger partial charge in [0.05, 0.1) is 20.8 Å². The SMILES string of the molecule is COc1cc(OC)c(O)c(Pc2ccc(F)cc2CO)c1. The number of halogens is 1. The third-order valence-corrected chi connectivity index (χ3v) is 4.42. The first-order valence-electron chi connectivity index (χ1n) is 6.20. The van der Waals surface area contributed by atoms with Gasteiger partial charge in [0, 0.05) is 11.4 Å². The molecule has 2 aromatic carbocycles. The Morgan fingerprint density at radius 2 is 1.86 bits per heavy atom. The number of methoxy groups -OCH3 is 2. The van der Waals surface area contributed by atoms with Gasteiger partial charge in [-0.15, -0.1) is 0 Å². The van der Waals surface area contributed by atoms with Gasteiger partial charge in [-0.05, 0) is 29.1 Å². The monoisotopic (exact) mass is 310 g/mol. The molecule has 0 saturated heterocycles. The van der Waals surface area contributed by atoms with Crippen LogP contribution in [-0.4, -0.2) is 24.4 Å². The van der Waals surface area contributed by atoms with Crippen molar-refractivity contribution in [3.8, 4) is 17.2 Å². The molecule has 21 heavy (non-hydrogen) atoms. The number of rotatable bonds is 5. The van der Waals surface area contributed by atoms with Gasteiger partial charge in [-0.2, -0.15) is 0 Å². The molecular formula is C15H16FO4P. The summed E-state index contributed by atoms with van der Waals surface area (Å²) in [6.45, 7) is -0.262. The smallest absolute Gasteiger partial charge is 0.165 e. The number of aliphatic hydroxyl groups is 1. The highest BCUT2D eigenvalue weighted by Crippen LogP contribution is 2.33. The first kappa shape index (κ1) is 15.5. The molecular weight excluding hydrogens is 294 g/mol. The van der Waals surface area contributed by atoms with Gasteiger partial charge in [-0.25, -0.2) is 4.39 Å². The molecule has 0 aromatic heterocycles. The molecule has 2 N–H and O–H groups in total. The highest BCUT2D eigenvalue weighted by atomic mass is 31.1. The van der Waals surface area contributed by atoms with Crippen LogP contribution in [0.4, 0.5) is 4.39 Å². The van der Waals surface area contributed by atoms with Gasteiger partial charge in [-0.3, -0.25) is 0 Å². The third-order valence-electron chi connectivity index (χ3n) is 3.01. The number of hydrogen-bond acceptors (Lipinski definition) is 4. The van der Waals surface area contributed by atoms with Gasteiger partial charge in [0.25, 0.3) is 0 Å². The van der Waals surface area contributed by atoms with Crippen molar-refractivity contribution in [1.82, 2.24) is 0 Å². The lowest BCUT2D eigenvalue weighted by molar-refractivity contribution is 0.282. The van der Waals surface area contributed by atoms with E-state index in [1.165, 1.54) is 26.4 Å². The zero-order valence-electron chi connectivity index (χ0n) is 11.7. The summed E-state index contributed by atoms with van der Waals surface area (Å²) in [7, 11) is 3.02. The second kappa shape index (κ2) is 6.74. The Kier molecular flexibility index (Phi) is 4.99. The van der Waals surface area contributed by atoms with Crippen LogP contribution in [0.25, 0.3) is 0 Å². The molecule has 0 amide bonds. The minimum Gasteiger partial charge on any atom is -0.504 e. The van der Waals surface area contributed by atoms with Crippen LogP contribution in [0, 0.1) is 5.82 Å². The van der Waals surface area contributed by atoms with E-state index in [-0.39, 0.29) is 20.9 Å². The molecule has 1 atom stereocenters. The van der Waals surface area contributed by atoms with Crippen LogP contribution in [0.3, 0.4) is 0 Å². The van der Waals surface area contributed by atoms with Crippen molar-refractivity contribution in [2.24, 2.45) is 0 Å². The Bertz CT molecular complexity index is 646. The van der Waals surface area contributed by atoms with Gasteiger partial charge < -0.3 is 19.7 Å². The third kappa shape index (κ3) is 3.43. The maximum absolute atomic E-state index is 13.2. The molecule has 1 unspecified atom stereocenters. The fourth-order valence-electron chi connectivity index (χ4n) is 1.91. The summed E-state index contributed by atoms with van der Waals surface area (Å²) in [6.07, 6.45) is 0. The van der Waals surface area contributed by atoms with Crippen LogP contribution in [0.5, 0.6) is 17.2 Å². The lowest BCUT2D eigenvalue weighted by Crippen LogP contribution is -2.11. The van der Waals surface area contributed by atoms with Crippen LogP contribution in [0.15, 0.2) is 30.3 Å². The maximum atomic E-state index is 13.2. The lowest BCUT2D eigenvalue weighted by atomic mass is 10.2. The van der Waals surface area contributed by atoms with Crippen molar-refractivity contribution in [1.29, 1.82) is 0 Å². The Balaban J connectivity index is 2.43. The zero-order chi connectivity index (χ0) is 15.4. The minimum absolute atomic E-state index is 0.0184. The van der Waals surface area contributed by atoms with Gasteiger partial charge in [0.15, 0.2) is 11.5 Å². The average molecular weight is 310 g/mol. The molecule has 2 aromatic rings. The highest BCUT2D eigenvalue weighted by Gasteiger charge is 2.13. The Hall–Kier alpha value is -1.84. The van der Waals surface area contributed by atoms with Crippen molar-refractivity contribution in [2.45, 2.75) is 6.61 Å². The van der Waals surface area contributed by atoms with Crippen molar-refractivity contribution >= 4 is 19.2 Å². The number of benzene rings is 2. The van der Waals surface area contributed by atoms with E-state index < -0.39 is 5.82 Å². The number of aliphatic hydroxyl groups excluding tert-OH is 1. The summed E-state index contributed by atoms with van der Waals surface area (Å²) in [5.41, 5.74) is 0.495. The molecule has 0 heterocycles. The molecule has 6 heteroatoms. The van der Waals surface area contributed by atoms with E-state index in [1.807, 2.05) is 0 Å².